The van der Waals surface area contributed by atoms with Crippen LogP contribution in [-0.2, 0) is 0 Å². The van der Waals surface area contributed by atoms with E-state index in [4.69, 9.17) is 4.74 Å². The summed E-state index contributed by atoms with van der Waals surface area (Å²) in [5.74, 6) is -3.01. The molecule has 2 rings (SSSR count). The number of methoxy groups -OCH3 is 1. The molecule has 1 aromatic rings. The quantitative estimate of drug-likeness (QED) is 0.910. The fourth-order valence-electron chi connectivity index (χ4n) is 2.57. The molecule has 1 N–H and O–H groups in total. The number of rotatable bonds is 3. The van der Waals surface area contributed by atoms with Gasteiger partial charge in [0.1, 0.15) is 11.6 Å². The summed E-state index contributed by atoms with van der Waals surface area (Å²) in [6, 6.07) is 3.88. The van der Waals surface area contributed by atoms with Gasteiger partial charge in [-0.15, -0.1) is 0 Å². The van der Waals surface area contributed by atoms with E-state index in [0.29, 0.717) is 11.3 Å². The number of aliphatic hydroxyl groups is 1. The van der Waals surface area contributed by atoms with E-state index in [-0.39, 0.29) is 31.6 Å². The molecule has 0 saturated heterocycles. The SMILES string of the molecule is COc1ccc(F)cc1C(O)C1CCC(F)(F)CC1. The number of hydrogen-bond acceptors (Lipinski definition) is 2. The van der Waals surface area contributed by atoms with E-state index in [9.17, 15) is 18.3 Å². The third-order valence-electron chi connectivity index (χ3n) is 3.72. The predicted molar refractivity (Wildman–Crippen MR) is 64.8 cm³/mol. The van der Waals surface area contributed by atoms with Crippen LogP contribution in [0.3, 0.4) is 0 Å². The molecular weight excluding hydrogens is 257 g/mol. The highest BCUT2D eigenvalue weighted by Crippen LogP contribution is 2.43. The molecule has 1 aliphatic carbocycles. The molecule has 0 heterocycles. The number of hydrogen-bond donors (Lipinski definition) is 1. The first kappa shape index (κ1) is 14.2. The Morgan fingerprint density at radius 1 is 1.32 bits per heavy atom. The van der Waals surface area contributed by atoms with E-state index < -0.39 is 17.8 Å². The van der Waals surface area contributed by atoms with E-state index in [1.165, 1.54) is 25.3 Å². The van der Waals surface area contributed by atoms with E-state index in [1.54, 1.807) is 0 Å². The average molecular weight is 274 g/mol. The lowest BCUT2D eigenvalue weighted by Crippen LogP contribution is -2.27. The summed E-state index contributed by atoms with van der Waals surface area (Å²) in [5.41, 5.74) is 0.331. The zero-order valence-corrected chi connectivity index (χ0v) is 10.7. The number of halogens is 3. The third-order valence-corrected chi connectivity index (χ3v) is 3.72. The highest BCUT2D eigenvalue weighted by molar-refractivity contribution is 5.36. The molecule has 2 nitrogen and oxygen atoms in total. The molecule has 1 saturated carbocycles. The number of alkyl halides is 2. The van der Waals surface area contributed by atoms with Crippen LogP contribution in [0.25, 0.3) is 0 Å². The smallest absolute Gasteiger partial charge is 0.248 e. The summed E-state index contributed by atoms with van der Waals surface area (Å²) < 4.78 is 44.5. The van der Waals surface area contributed by atoms with Gasteiger partial charge in [0.05, 0.1) is 13.2 Å². The molecule has 1 aliphatic rings. The van der Waals surface area contributed by atoms with Gasteiger partial charge in [-0.05, 0) is 37.0 Å². The Hall–Kier alpha value is -1.23. The average Bonchev–Trinajstić information content (AvgIpc) is 2.38. The van der Waals surface area contributed by atoms with Gasteiger partial charge in [-0.25, -0.2) is 13.2 Å². The molecule has 0 aromatic heterocycles. The van der Waals surface area contributed by atoms with Crippen molar-refractivity contribution in [2.45, 2.75) is 37.7 Å². The van der Waals surface area contributed by atoms with Crippen molar-refractivity contribution in [2.24, 2.45) is 5.92 Å². The highest BCUT2D eigenvalue weighted by Gasteiger charge is 2.38. The van der Waals surface area contributed by atoms with Crippen LogP contribution in [0, 0.1) is 11.7 Å². The fourth-order valence-corrected chi connectivity index (χ4v) is 2.57. The van der Waals surface area contributed by atoms with Gasteiger partial charge >= 0.3 is 0 Å². The molecule has 1 aromatic carbocycles. The Labute approximate surface area is 110 Å². The molecule has 19 heavy (non-hydrogen) atoms. The Morgan fingerprint density at radius 2 is 1.95 bits per heavy atom. The van der Waals surface area contributed by atoms with Gasteiger partial charge in [-0.1, -0.05) is 0 Å². The molecule has 1 fully saturated rings. The van der Waals surface area contributed by atoms with Gasteiger partial charge in [-0.2, -0.15) is 0 Å². The molecule has 0 aliphatic heterocycles. The molecule has 1 unspecified atom stereocenters. The maximum absolute atomic E-state index is 13.2. The summed E-state index contributed by atoms with van der Waals surface area (Å²) in [7, 11) is 1.43. The van der Waals surface area contributed by atoms with Crippen LogP contribution in [0.1, 0.15) is 37.4 Å². The third kappa shape index (κ3) is 3.21. The van der Waals surface area contributed by atoms with Gasteiger partial charge in [-0.3, -0.25) is 0 Å². The van der Waals surface area contributed by atoms with Gasteiger partial charge in [0.2, 0.25) is 5.92 Å². The van der Waals surface area contributed by atoms with Crippen LogP contribution in [0.5, 0.6) is 5.75 Å². The van der Waals surface area contributed by atoms with Crippen molar-refractivity contribution in [1.82, 2.24) is 0 Å². The minimum Gasteiger partial charge on any atom is -0.496 e. The molecule has 0 spiro atoms. The normalized spacial score (nSPS) is 21.1. The first-order valence-electron chi connectivity index (χ1n) is 6.32. The zero-order valence-electron chi connectivity index (χ0n) is 10.7. The molecule has 1 atom stereocenters. The minimum atomic E-state index is -2.64. The lowest BCUT2D eigenvalue weighted by atomic mass is 9.81. The second-order valence-corrected chi connectivity index (χ2v) is 5.02. The van der Waals surface area contributed by atoms with Crippen molar-refractivity contribution in [2.75, 3.05) is 7.11 Å². The van der Waals surface area contributed by atoms with Crippen LogP contribution < -0.4 is 4.74 Å². The van der Waals surface area contributed by atoms with Crippen molar-refractivity contribution in [3.63, 3.8) is 0 Å². The van der Waals surface area contributed by atoms with Gasteiger partial charge in [0.25, 0.3) is 0 Å². The van der Waals surface area contributed by atoms with Gasteiger partial charge in [0.15, 0.2) is 0 Å². The fraction of sp³-hybridized carbons (Fsp3) is 0.571. The Balaban J connectivity index is 2.16. The second-order valence-electron chi connectivity index (χ2n) is 5.02. The lowest BCUT2D eigenvalue weighted by molar-refractivity contribution is -0.0629. The first-order valence-corrected chi connectivity index (χ1v) is 6.32. The zero-order chi connectivity index (χ0) is 14.0. The number of aliphatic hydroxyl groups excluding tert-OH is 1. The second kappa shape index (κ2) is 5.41. The van der Waals surface area contributed by atoms with E-state index in [0.717, 1.165) is 0 Å². The largest absolute Gasteiger partial charge is 0.496 e. The molecule has 106 valence electrons. The molecule has 0 bridgehead atoms. The topological polar surface area (TPSA) is 29.5 Å². The van der Waals surface area contributed by atoms with Crippen LogP contribution in [-0.4, -0.2) is 18.1 Å². The summed E-state index contributed by atoms with van der Waals surface area (Å²) in [5, 5.41) is 10.3. The number of ether oxygens (including phenoxy) is 1. The minimum absolute atomic E-state index is 0.230. The maximum Gasteiger partial charge on any atom is 0.248 e. The Morgan fingerprint density at radius 3 is 2.53 bits per heavy atom. The van der Waals surface area contributed by atoms with E-state index >= 15 is 0 Å². The maximum atomic E-state index is 13.2. The monoisotopic (exact) mass is 274 g/mol. The van der Waals surface area contributed by atoms with Crippen LogP contribution in [0.4, 0.5) is 13.2 Å². The van der Waals surface area contributed by atoms with E-state index in [2.05, 4.69) is 0 Å². The van der Waals surface area contributed by atoms with Crippen LogP contribution in [0.15, 0.2) is 18.2 Å². The predicted octanol–water partition coefficient (Wildman–Crippen LogP) is 3.69. The Bertz CT molecular complexity index is 438. The molecular formula is C14H17F3O2. The van der Waals surface area contributed by atoms with Crippen LogP contribution >= 0.6 is 0 Å². The highest BCUT2D eigenvalue weighted by atomic mass is 19.3. The summed E-state index contributed by atoms with van der Waals surface area (Å²) >= 11 is 0. The lowest BCUT2D eigenvalue weighted by Gasteiger charge is -2.31. The summed E-state index contributed by atoms with van der Waals surface area (Å²) in [4.78, 5) is 0. The van der Waals surface area contributed by atoms with Crippen molar-refractivity contribution in [1.29, 1.82) is 0 Å². The molecule has 0 radical (unpaired) electrons. The molecule has 5 heteroatoms. The van der Waals surface area contributed by atoms with Crippen LogP contribution in [0.2, 0.25) is 0 Å². The number of benzene rings is 1. The summed E-state index contributed by atoms with van der Waals surface area (Å²) in [6.07, 6.45) is -0.970. The van der Waals surface area contributed by atoms with Crippen molar-refractivity contribution >= 4 is 0 Å². The van der Waals surface area contributed by atoms with Crippen molar-refractivity contribution < 1.29 is 23.0 Å². The van der Waals surface area contributed by atoms with Gasteiger partial charge < -0.3 is 9.84 Å². The Kier molecular flexibility index (Phi) is 4.04. The van der Waals surface area contributed by atoms with Crippen molar-refractivity contribution in [3.8, 4) is 5.75 Å². The van der Waals surface area contributed by atoms with Crippen molar-refractivity contribution in [3.05, 3.63) is 29.6 Å². The van der Waals surface area contributed by atoms with E-state index in [1.807, 2.05) is 0 Å². The molecule has 0 amide bonds. The summed E-state index contributed by atoms with van der Waals surface area (Å²) in [6.45, 7) is 0. The van der Waals surface area contributed by atoms with Gasteiger partial charge in [0, 0.05) is 18.4 Å². The standard InChI is InChI=1S/C14H17F3O2/c1-19-12-3-2-10(15)8-11(12)13(18)9-4-6-14(16,17)7-5-9/h2-3,8-9,13,18H,4-7H2,1H3. The first-order chi connectivity index (χ1) is 8.93.